The molecule has 1 aliphatic rings. The van der Waals surface area contributed by atoms with Gasteiger partial charge < -0.3 is 0 Å². The average Bonchev–Trinajstić information content (AvgIpc) is 3.00. The van der Waals surface area contributed by atoms with Gasteiger partial charge in [-0.05, 0) is 46.9 Å². The Balaban J connectivity index is 1.53. The van der Waals surface area contributed by atoms with E-state index in [1.165, 1.54) is 33.5 Å². The molecule has 3 aromatic rings. The van der Waals surface area contributed by atoms with E-state index in [9.17, 15) is 0 Å². The molecule has 3 nitrogen and oxygen atoms in total. The third-order valence-electron chi connectivity index (χ3n) is 4.48. The van der Waals surface area contributed by atoms with Gasteiger partial charge >= 0.3 is 0 Å². The summed E-state index contributed by atoms with van der Waals surface area (Å²) in [5, 5.41) is 0. The molecule has 0 atom stereocenters. The van der Waals surface area contributed by atoms with E-state index in [2.05, 4.69) is 52.1 Å². The highest BCUT2D eigenvalue weighted by atomic mass is 15.1. The van der Waals surface area contributed by atoms with Crippen molar-refractivity contribution < 1.29 is 0 Å². The number of benzene rings is 1. The summed E-state index contributed by atoms with van der Waals surface area (Å²) < 4.78 is 0. The fourth-order valence-electron chi connectivity index (χ4n) is 3.21. The Kier molecular flexibility index (Phi) is 3.64. The maximum Gasteiger partial charge on any atom is 0.0589 e. The van der Waals surface area contributed by atoms with E-state index < -0.39 is 0 Å². The SMILES string of the molecule is Cc1cc(-c2cccnc2)ccc1CN1Cc2cccnc2C1. The predicted octanol–water partition coefficient (Wildman–Crippen LogP) is 3.97. The first-order chi connectivity index (χ1) is 11.3. The maximum atomic E-state index is 4.48. The van der Waals surface area contributed by atoms with Crippen molar-refractivity contribution in [3.63, 3.8) is 0 Å². The van der Waals surface area contributed by atoms with Crippen LogP contribution in [0.3, 0.4) is 0 Å². The van der Waals surface area contributed by atoms with Crippen molar-refractivity contribution in [1.82, 2.24) is 14.9 Å². The zero-order valence-electron chi connectivity index (χ0n) is 13.2. The van der Waals surface area contributed by atoms with Crippen LogP contribution in [-0.2, 0) is 19.6 Å². The Hall–Kier alpha value is -2.52. The van der Waals surface area contributed by atoms with E-state index in [0.717, 1.165) is 19.6 Å². The smallest absolute Gasteiger partial charge is 0.0589 e. The lowest BCUT2D eigenvalue weighted by molar-refractivity contribution is 0.273. The summed E-state index contributed by atoms with van der Waals surface area (Å²) in [4.78, 5) is 11.1. The Morgan fingerprint density at radius 2 is 1.91 bits per heavy atom. The van der Waals surface area contributed by atoms with Crippen molar-refractivity contribution in [1.29, 1.82) is 0 Å². The van der Waals surface area contributed by atoms with E-state index in [1.807, 2.05) is 30.7 Å². The number of hydrogen-bond donors (Lipinski definition) is 0. The molecule has 114 valence electrons. The summed E-state index contributed by atoms with van der Waals surface area (Å²) in [5.41, 5.74) is 7.68. The van der Waals surface area contributed by atoms with Gasteiger partial charge in [0.2, 0.25) is 0 Å². The fraction of sp³-hybridized carbons (Fsp3) is 0.200. The lowest BCUT2D eigenvalue weighted by Crippen LogP contribution is -2.16. The number of aryl methyl sites for hydroxylation is 1. The summed E-state index contributed by atoms with van der Waals surface area (Å²) >= 11 is 0. The number of pyridine rings is 2. The van der Waals surface area contributed by atoms with E-state index in [0.29, 0.717) is 0 Å². The van der Waals surface area contributed by atoms with Crippen LogP contribution in [0.1, 0.15) is 22.4 Å². The second-order valence-electron chi connectivity index (χ2n) is 6.14. The van der Waals surface area contributed by atoms with Crippen LogP contribution in [0.5, 0.6) is 0 Å². The molecule has 3 heterocycles. The number of fused-ring (bicyclic) bond motifs is 1. The molecule has 1 aliphatic heterocycles. The van der Waals surface area contributed by atoms with Crippen LogP contribution >= 0.6 is 0 Å². The van der Waals surface area contributed by atoms with Crippen LogP contribution in [0, 0.1) is 6.92 Å². The number of nitrogens with zero attached hydrogens (tertiary/aromatic N) is 3. The average molecular weight is 301 g/mol. The molecule has 0 saturated heterocycles. The van der Waals surface area contributed by atoms with Gasteiger partial charge in [0.15, 0.2) is 0 Å². The van der Waals surface area contributed by atoms with Crippen molar-refractivity contribution in [2.24, 2.45) is 0 Å². The van der Waals surface area contributed by atoms with Crippen LogP contribution < -0.4 is 0 Å². The lowest BCUT2D eigenvalue weighted by atomic mass is 10.0. The molecule has 2 aromatic heterocycles. The third kappa shape index (κ3) is 2.88. The standard InChI is InChI=1S/C20H19N3/c1-15-10-16(17-4-2-8-21-11-17)6-7-18(15)12-23-13-19-5-3-9-22-20(19)14-23/h2-11H,12-14H2,1H3. The molecular formula is C20H19N3. The second kappa shape index (κ2) is 5.94. The van der Waals surface area contributed by atoms with Gasteiger partial charge in [0, 0.05) is 38.2 Å². The summed E-state index contributed by atoms with van der Waals surface area (Å²) in [7, 11) is 0. The number of hydrogen-bond acceptors (Lipinski definition) is 3. The zero-order chi connectivity index (χ0) is 15.6. The molecule has 0 unspecified atom stereocenters. The lowest BCUT2D eigenvalue weighted by Gasteiger charge is -2.17. The minimum atomic E-state index is 0.944. The van der Waals surface area contributed by atoms with Gasteiger partial charge in [0.1, 0.15) is 0 Å². The van der Waals surface area contributed by atoms with Gasteiger partial charge in [-0.1, -0.05) is 30.3 Å². The Bertz CT molecular complexity index is 802. The maximum absolute atomic E-state index is 4.48. The molecule has 4 rings (SSSR count). The second-order valence-corrected chi connectivity index (χ2v) is 6.14. The van der Waals surface area contributed by atoms with Crippen LogP contribution in [0.2, 0.25) is 0 Å². The van der Waals surface area contributed by atoms with Gasteiger partial charge in [0.25, 0.3) is 0 Å². The highest BCUT2D eigenvalue weighted by Gasteiger charge is 2.20. The zero-order valence-corrected chi connectivity index (χ0v) is 13.2. The van der Waals surface area contributed by atoms with Crippen LogP contribution in [0.25, 0.3) is 11.1 Å². The largest absolute Gasteiger partial charge is 0.289 e. The van der Waals surface area contributed by atoms with E-state index in [4.69, 9.17) is 0 Å². The van der Waals surface area contributed by atoms with Crippen molar-refractivity contribution in [2.45, 2.75) is 26.6 Å². The third-order valence-corrected chi connectivity index (χ3v) is 4.48. The predicted molar refractivity (Wildman–Crippen MR) is 91.6 cm³/mol. The molecule has 3 heteroatoms. The van der Waals surface area contributed by atoms with Gasteiger partial charge in [-0.3, -0.25) is 14.9 Å². The fourth-order valence-corrected chi connectivity index (χ4v) is 3.21. The van der Waals surface area contributed by atoms with E-state index in [1.54, 1.807) is 0 Å². The molecule has 0 N–H and O–H groups in total. The summed E-state index contributed by atoms with van der Waals surface area (Å²) in [5.74, 6) is 0. The summed E-state index contributed by atoms with van der Waals surface area (Å²) in [6.07, 6.45) is 5.61. The van der Waals surface area contributed by atoms with E-state index in [-0.39, 0.29) is 0 Å². The first kappa shape index (κ1) is 14.1. The van der Waals surface area contributed by atoms with Gasteiger partial charge in [-0.2, -0.15) is 0 Å². The molecule has 0 aliphatic carbocycles. The Morgan fingerprint density at radius 3 is 2.70 bits per heavy atom. The molecule has 0 radical (unpaired) electrons. The molecule has 23 heavy (non-hydrogen) atoms. The molecule has 0 amide bonds. The molecular weight excluding hydrogens is 282 g/mol. The molecule has 0 spiro atoms. The molecule has 1 aromatic carbocycles. The quantitative estimate of drug-likeness (QED) is 0.733. The molecule has 0 bridgehead atoms. The number of rotatable bonds is 3. The number of aromatic nitrogens is 2. The van der Waals surface area contributed by atoms with Gasteiger partial charge in [0.05, 0.1) is 5.69 Å². The monoisotopic (exact) mass is 301 g/mol. The molecule has 0 fully saturated rings. The minimum Gasteiger partial charge on any atom is -0.289 e. The highest BCUT2D eigenvalue weighted by Crippen LogP contribution is 2.26. The summed E-state index contributed by atoms with van der Waals surface area (Å²) in [6.45, 7) is 5.10. The highest BCUT2D eigenvalue weighted by molar-refractivity contribution is 5.63. The van der Waals surface area contributed by atoms with Gasteiger partial charge in [-0.25, -0.2) is 0 Å². The van der Waals surface area contributed by atoms with Crippen LogP contribution in [0.4, 0.5) is 0 Å². The first-order valence-electron chi connectivity index (χ1n) is 7.94. The first-order valence-corrected chi connectivity index (χ1v) is 7.94. The van der Waals surface area contributed by atoms with Crippen molar-refractivity contribution in [2.75, 3.05) is 0 Å². The Labute approximate surface area is 136 Å². The van der Waals surface area contributed by atoms with Crippen molar-refractivity contribution >= 4 is 0 Å². The van der Waals surface area contributed by atoms with E-state index >= 15 is 0 Å². The molecule has 0 saturated carbocycles. The minimum absolute atomic E-state index is 0.944. The Morgan fingerprint density at radius 1 is 1.00 bits per heavy atom. The van der Waals surface area contributed by atoms with Crippen LogP contribution in [-0.4, -0.2) is 14.9 Å². The topological polar surface area (TPSA) is 29.0 Å². The van der Waals surface area contributed by atoms with Crippen LogP contribution in [0.15, 0.2) is 61.1 Å². The van der Waals surface area contributed by atoms with Crippen molar-refractivity contribution in [3.05, 3.63) is 83.4 Å². The summed E-state index contributed by atoms with van der Waals surface area (Å²) in [6, 6.07) is 15.0. The van der Waals surface area contributed by atoms with Crippen molar-refractivity contribution in [3.8, 4) is 11.1 Å². The van der Waals surface area contributed by atoms with Gasteiger partial charge in [-0.15, -0.1) is 0 Å². The normalized spacial score (nSPS) is 14.0.